The van der Waals surface area contributed by atoms with Crippen molar-refractivity contribution in [2.24, 2.45) is 5.92 Å². The van der Waals surface area contributed by atoms with E-state index >= 15 is 0 Å². The lowest BCUT2D eigenvalue weighted by molar-refractivity contribution is -0.386. The highest BCUT2D eigenvalue weighted by molar-refractivity contribution is 6.04. The van der Waals surface area contributed by atoms with Gasteiger partial charge in [-0.05, 0) is 48.9 Å². The Labute approximate surface area is 218 Å². The molecule has 1 N–H and O–H groups in total. The van der Waals surface area contributed by atoms with Crippen LogP contribution in [0.2, 0.25) is 0 Å². The van der Waals surface area contributed by atoms with E-state index in [4.69, 9.17) is 4.74 Å². The fourth-order valence-electron chi connectivity index (χ4n) is 5.72. The van der Waals surface area contributed by atoms with Crippen molar-refractivity contribution < 1.29 is 24.0 Å². The quantitative estimate of drug-likeness (QED) is 0.315. The van der Waals surface area contributed by atoms with Crippen LogP contribution in [0.5, 0.6) is 5.75 Å². The second kappa shape index (κ2) is 10.3. The van der Waals surface area contributed by atoms with Gasteiger partial charge in [0.2, 0.25) is 5.91 Å². The number of likely N-dealkylation sites (tertiary alicyclic amines) is 1. The molecule has 3 atom stereocenters. The second-order valence-electron chi connectivity index (χ2n) is 10.0. The number of piperidine rings is 1. The number of ether oxygens (including phenoxy) is 1. The number of imide groups is 1. The lowest BCUT2D eigenvalue weighted by Crippen LogP contribution is -2.49. The number of amides is 4. The highest BCUT2D eigenvalue weighted by Crippen LogP contribution is 2.36. The highest BCUT2D eigenvalue weighted by Gasteiger charge is 2.40. The van der Waals surface area contributed by atoms with Crippen molar-refractivity contribution in [3.8, 4) is 5.75 Å². The molecule has 0 aliphatic carbocycles. The number of nitrogens with zero attached hydrogens (tertiary/aromatic N) is 4. The van der Waals surface area contributed by atoms with Gasteiger partial charge in [0.15, 0.2) is 0 Å². The highest BCUT2D eigenvalue weighted by atomic mass is 16.6. The number of urea groups is 1. The number of carbonyl (C=O) groups excluding carboxylic acids is 3. The number of fused-ring (bicyclic) bond motifs is 4. The van der Waals surface area contributed by atoms with Gasteiger partial charge in [-0.25, -0.2) is 4.79 Å². The molecule has 3 aliphatic rings. The smallest absolute Gasteiger partial charge is 0.334 e. The number of carbonyl (C=O) groups is 3. The Balaban J connectivity index is 1.16. The van der Waals surface area contributed by atoms with Crippen molar-refractivity contribution in [1.29, 1.82) is 0 Å². The summed E-state index contributed by atoms with van der Waals surface area (Å²) in [5.74, 6) is 0.221. The lowest BCUT2D eigenvalue weighted by Gasteiger charge is -2.42. The normalized spacial score (nSPS) is 22.2. The molecule has 2 fully saturated rings. The minimum atomic E-state index is -0.744. The molecule has 5 rings (SSSR count). The topological polar surface area (TPSA) is 144 Å². The van der Waals surface area contributed by atoms with Gasteiger partial charge >= 0.3 is 17.3 Å². The van der Waals surface area contributed by atoms with Gasteiger partial charge in [0, 0.05) is 50.3 Å². The monoisotopic (exact) mass is 523 g/mol. The van der Waals surface area contributed by atoms with E-state index in [1.165, 1.54) is 15.5 Å². The Hall–Kier alpha value is -4.22. The van der Waals surface area contributed by atoms with Gasteiger partial charge < -0.3 is 19.5 Å². The number of methoxy groups -OCH3 is 1. The number of aromatic nitrogens is 1. The first-order valence-corrected chi connectivity index (χ1v) is 12.7. The predicted octanol–water partition coefficient (Wildman–Crippen LogP) is 1.65. The molecule has 3 aliphatic heterocycles. The van der Waals surface area contributed by atoms with Gasteiger partial charge in [0.25, 0.3) is 5.91 Å². The first-order valence-electron chi connectivity index (χ1n) is 12.7. The van der Waals surface area contributed by atoms with Crippen LogP contribution in [-0.2, 0) is 22.6 Å². The van der Waals surface area contributed by atoms with Crippen molar-refractivity contribution in [2.75, 3.05) is 26.7 Å². The van der Waals surface area contributed by atoms with Crippen molar-refractivity contribution >= 4 is 23.5 Å². The lowest BCUT2D eigenvalue weighted by atomic mass is 9.83. The molecule has 12 heteroatoms. The molecule has 2 bridgehead atoms. The maximum atomic E-state index is 13.1. The fraction of sp³-hybridized carbons (Fsp3) is 0.462. The van der Waals surface area contributed by atoms with Crippen LogP contribution in [0.4, 0.5) is 10.5 Å². The average molecular weight is 524 g/mol. The minimum absolute atomic E-state index is 0.0196. The molecule has 38 heavy (non-hydrogen) atoms. The molecule has 0 spiro atoms. The summed E-state index contributed by atoms with van der Waals surface area (Å²) in [4.78, 5) is 64.3. The zero-order valence-electron chi connectivity index (χ0n) is 21.0. The number of nitro groups is 1. The van der Waals surface area contributed by atoms with E-state index in [0.717, 1.165) is 17.7 Å². The number of hydrogen-bond acceptors (Lipinski definition) is 7. The summed E-state index contributed by atoms with van der Waals surface area (Å²) >= 11 is 0. The first-order chi connectivity index (χ1) is 18.2. The minimum Gasteiger partial charge on any atom is -0.497 e. The molecule has 2 saturated heterocycles. The first kappa shape index (κ1) is 25.4. The third-order valence-electron chi connectivity index (χ3n) is 7.67. The largest absolute Gasteiger partial charge is 0.497 e. The van der Waals surface area contributed by atoms with Crippen LogP contribution in [0, 0.1) is 16.0 Å². The van der Waals surface area contributed by atoms with Gasteiger partial charge in [-0.3, -0.25) is 29.4 Å². The van der Waals surface area contributed by atoms with Crippen LogP contribution in [0.3, 0.4) is 0 Å². The van der Waals surface area contributed by atoms with E-state index in [1.807, 2.05) is 24.3 Å². The Morgan fingerprint density at radius 1 is 1.11 bits per heavy atom. The summed E-state index contributed by atoms with van der Waals surface area (Å²) < 4.78 is 6.62. The molecule has 0 saturated carbocycles. The van der Waals surface area contributed by atoms with Crippen LogP contribution >= 0.6 is 0 Å². The molecule has 12 nitrogen and oxygen atoms in total. The summed E-state index contributed by atoms with van der Waals surface area (Å²) in [6.45, 7) is 1.43. The van der Waals surface area contributed by atoms with Gasteiger partial charge in [0.1, 0.15) is 11.8 Å². The summed E-state index contributed by atoms with van der Waals surface area (Å²) in [5, 5.41) is 13.8. The van der Waals surface area contributed by atoms with Crippen LogP contribution < -0.4 is 15.6 Å². The predicted molar refractivity (Wildman–Crippen MR) is 135 cm³/mol. The summed E-state index contributed by atoms with van der Waals surface area (Å²) in [7, 11) is 1.58. The molecule has 4 amide bonds. The maximum Gasteiger partial charge on any atom is 0.334 e. The van der Waals surface area contributed by atoms with E-state index in [-0.39, 0.29) is 43.0 Å². The molecule has 2 aromatic rings. The number of hydrogen-bond donors (Lipinski definition) is 1. The number of pyridine rings is 1. The van der Waals surface area contributed by atoms with Crippen molar-refractivity contribution in [3.63, 3.8) is 0 Å². The molecule has 200 valence electrons. The second-order valence-corrected chi connectivity index (χ2v) is 10.0. The molecule has 1 aromatic heterocycles. The molecule has 0 unspecified atom stereocenters. The van der Waals surface area contributed by atoms with E-state index in [1.54, 1.807) is 18.1 Å². The zero-order chi connectivity index (χ0) is 27.0. The van der Waals surface area contributed by atoms with E-state index < -0.39 is 28.2 Å². The van der Waals surface area contributed by atoms with E-state index in [9.17, 15) is 29.3 Å². The SMILES string of the molecule is COc1ccc(CCN2C(=O)N[C@@H](CCC(=O)N3C[C@H]4C[C@@H](C3)c3ccc([N+](=O)[O-])c(=O)n3C4)C2=O)cc1. The van der Waals surface area contributed by atoms with Crippen LogP contribution in [0.15, 0.2) is 41.2 Å². The summed E-state index contributed by atoms with van der Waals surface area (Å²) in [6, 6.07) is 9.08. The summed E-state index contributed by atoms with van der Waals surface area (Å²) in [6.07, 6.45) is 1.63. The van der Waals surface area contributed by atoms with E-state index in [2.05, 4.69) is 5.32 Å². The van der Waals surface area contributed by atoms with Gasteiger partial charge in [-0.2, -0.15) is 0 Å². The van der Waals surface area contributed by atoms with Gasteiger partial charge in [0.05, 0.1) is 12.0 Å². The Morgan fingerprint density at radius 3 is 2.58 bits per heavy atom. The van der Waals surface area contributed by atoms with Crippen LogP contribution in [0.1, 0.15) is 36.4 Å². The zero-order valence-corrected chi connectivity index (χ0v) is 21.0. The Bertz CT molecular complexity index is 1340. The molecule has 4 heterocycles. The Morgan fingerprint density at radius 2 is 1.87 bits per heavy atom. The number of rotatable bonds is 8. The standard InChI is InChI=1S/C26H29N5O7/c1-38-19-4-2-16(3-5-19)10-11-29-24(33)20(27-26(29)35)6-9-23(32)28-13-17-12-18(15-28)21-7-8-22(31(36)37)25(34)30(21)14-17/h2-5,7-8,17-18,20H,6,9-15H2,1H3,(H,27,35)/t17-,18+,20+/m1/s1. The molecular weight excluding hydrogens is 494 g/mol. The van der Waals surface area contributed by atoms with E-state index in [0.29, 0.717) is 31.7 Å². The fourth-order valence-corrected chi connectivity index (χ4v) is 5.72. The van der Waals surface area contributed by atoms with Crippen molar-refractivity contribution in [3.05, 3.63) is 68.1 Å². The van der Waals surface area contributed by atoms with Gasteiger partial charge in [-0.1, -0.05) is 12.1 Å². The third kappa shape index (κ3) is 4.85. The van der Waals surface area contributed by atoms with Crippen LogP contribution in [0.25, 0.3) is 0 Å². The Kier molecular flexibility index (Phi) is 6.87. The van der Waals surface area contributed by atoms with Crippen molar-refractivity contribution in [1.82, 2.24) is 19.7 Å². The third-order valence-corrected chi connectivity index (χ3v) is 7.67. The van der Waals surface area contributed by atoms with Crippen molar-refractivity contribution in [2.45, 2.75) is 44.2 Å². The average Bonchev–Trinajstić information content (AvgIpc) is 3.18. The molecule has 0 radical (unpaired) electrons. The van der Waals surface area contributed by atoms with Crippen LogP contribution in [-0.4, -0.2) is 69.9 Å². The number of nitrogens with one attached hydrogen (secondary N) is 1. The molecule has 1 aromatic carbocycles. The number of benzene rings is 1. The molecular formula is C26H29N5O7. The summed E-state index contributed by atoms with van der Waals surface area (Å²) in [5.41, 5.74) is 0.635. The van der Waals surface area contributed by atoms with Gasteiger partial charge in [-0.15, -0.1) is 0 Å². The maximum absolute atomic E-state index is 13.1.